The van der Waals surface area contributed by atoms with E-state index in [0.29, 0.717) is 0 Å². The second kappa shape index (κ2) is 5.83. The summed E-state index contributed by atoms with van der Waals surface area (Å²) in [5, 5.41) is 0. The molecule has 102 valence electrons. The second-order valence-corrected chi connectivity index (χ2v) is 7.31. The lowest BCUT2D eigenvalue weighted by molar-refractivity contribution is 0.133. The Morgan fingerprint density at radius 2 is 1.63 bits per heavy atom. The molecule has 4 atom stereocenters. The van der Waals surface area contributed by atoms with Crippen molar-refractivity contribution in [1.82, 2.24) is 0 Å². The van der Waals surface area contributed by atoms with E-state index >= 15 is 0 Å². The van der Waals surface area contributed by atoms with Crippen LogP contribution in [0.4, 0.5) is 0 Å². The van der Waals surface area contributed by atoms with Gasteiger partial charge in [-0.1, -0.05) is 34.1 Å². The Hall–Kier alpha value is -0.560. The minimum absolute atomic E-state index is 0.797. The van der Waals surface area contributed by atoms with E-state index in [4.69, 9.17) is 0 Å². The Kier molecular flexibility index (Phi) is 4.12. The molecular weight excluding hydrogens is 296 g/mol. The van der Waals surface area contributed by atoms with Gasteiger partial charge in [0.2, 0.25) is 0 Å². The topological polar surface area (TPSA) is 0 Å². The maximum Gasteiger partial charge on any atom is 0.0175 e. The maximum absolute atomic E-state index is 3.99. The third kappa shape index (κ3) is 2.97. The zero-order chi connectivity index (χ0) is 13.2. The molecule has 0 saturated heterocycles. The molecule has 0 aliphatic heterocycles. The molecule has 0 amide bonds. The summed E-state index contributed by atoms with van der Waals surface area (Å²) in [4.78, 5) is 0. The van der Waals surface area contributed by atoms with E-state index in [2.05, 4.69) is 52.9 Å². The standard InChI is InChI=1S/C18H23Br/c1-2-13-3-4-17-12-16(6-5-15(17)11-13)14-7-9-18(19)10-8-14/h2,7-10,13,15-17H,1,3-6,11-12H2. The Morgan fingerprint density at radius 1 is 0.947 bits per heavy atom. The maximum atomic E-state index is 3.99. The first-order valence-corrected chi connectivity index (χ1v) is 8.43. The molecule has 0 radical (unpaired) electrons. The Balaban J connectivity index is 1.66. The van der Waals surface area contributed by atoms with Gasteiger partial charge in [0, 0.05) is 4.47 Å². The smallest absolute Gasteiger partial charge is 0.0175 e. The Bertz CT molecular complexity index is 434. The molecule has 3 rings (SSSR count). The van der Waals surface area contributed by atoms with Crippen LogP contribution in [0.1, 0.15) is 50.0 Å². The van der Waals surface area contributed by atoms with Gasteiger partial charge in [0.15, 0.2) is 0 Å². The SMILES string of the molecule is C=CC1CCC2CC(c3ccc(Br)cc3)CCC2C1. The molecule has 2 aliphatic carbocycles. The minimum atomic E-state index is 0.797. The van der Waals surface area contributed by atoms with Gasteiger partial charge in [-0.2, -0.15) is 0 Å². The lowest BCUT2D eigenvalue weighted by Crippen LogP contribution is -2.29. The van der Waals surface area contributed by atoms with Crippen molar-refractivity contribution >= 4 is 15.9 Å². The van der Waals surface area contributed by atoms with E-state index in [-0.39, 0.29) is 0 Å². The third-order valence-corrected chi connectivity index (χ3v) is 5.86. The van der Waals surface area contributed by atoms with Gasteiger partial charge >= 0.3 is 0 Å². The van der Waals surface area contributed by atoms with Crippen molar-refractivity contribution < 1.29 is 0 Å². The number of halogens is 1. The Morgan fingerprint density at radius 3 is 2.37 bits per heavy atom. The molecule has 0 aromatic heterocycles. The van der Waals surface area contributed by atoms with E-state index in [1.54, 1.807) is 5.56 Å². The van der Waals surface area contributed by atoms with Gasteiger partial charge in [0.1, 0.15) is 0 Å². The van der Waals surface area contributed by atoms with Crippen LogP contribution in [-0.2, 0) is 0 Å². The molecule has 4 unspecified atom stereocenters. The predicted octanol–water partition coefficient (Wildman–Crippen LogP) is 5.94. The van der Waals surface area contributed by atoms with Crippen LogP contribution >= 0.6 is 15.9 Å². The van der Waals surface area contributed by atoms with Gasteiger partial charge in [0.25, 0.3) is 0 Å². The average Bonchev–Trinajstić information content (AvgIpc) is 2.47. The van der Waals surface area contributed by atoms with Crippen molar-refractivity contribution in [2.45, 2.75) is 44.4 Å². The summed E-state index contributed by atoms with van der Waals surface area (Å²) in [7, 11) is 0. The summed E-state index contributed by atoms with van der Waals surface area (Å²) in [5.74, 6) is 3.54. The highest BCUT2D eigenvalue weighted by molar-refractivity contribution is 9.10. The lowest BCUT2D eigenvalue weighted by Gasteiger charge is -2.41. The van der Waals surface area contributed by atoms with Gasteiger partial charge in [0.05, 0.1) is 0 Å². The van der Waals surface area contributed by atoms with Crippen LogP contribution in [0, 0.1) is 17.8 Å². The van der Waals surface area contributed by atoms with Crippen molar-refractivity contribution in [3.8, 4) is 0 Å². The minimum Gasteiger partial charge on any atom is -0.103 e. The molecule has 0 N–H and O–H groups in total. The fourth-order valence-electron chi connectivity index (χ4n) is 4.18. The molecule has 2 saturated carbocycles. The molecule has 2 aliphatic rings. The zero-order valence-corrected chi connectivity index (χ0v) is 13.1. The van der Waals surface area contributed by atoms with Gasteiger partial charge in [-0.05, 0) is 79.9 Å². The van der Waals surface area contributed by atoms with E-state index in [1.807, 2.05) is 0 Å². The van der Waals surface area contributed by atoms with Crippen molar-refractivity contribution in [3.63, 3.8) is 0 Å². The van der Waals surface area contributed by atoms with Crippen LogP contribution < -0.4 is 0 Å². The third-order valence-electron chi connectivity index (χ3n) is 5.33. The first kappa shape index (κ1) is 13.4. The lowest BCUT2D eigenvalue weighted by atomic mass is 9.64. The van der Waals surface area contributed by atoms with E-state index in [0.717, 1.165) is 23.7 Å². The first-order valence-electron chi connectivity index (χ1n) is 7.64. The summed E-state index contributed by atoms with van der Waals surface area (Å²) in [6.45, 7) is 3.99. The van der Waals surface area contributed by atoms with Crippen molar-refractivity contribution in [2.75, 3.05) is 0 Å². The summed E-state index contributed by atoms with van der Waals surface area (Å²) in [5.41, 5.74) is 1.55. The Labute approximate surface area is 125 Å². The number of allylic oxidation sites excluding steroid dienone is 1. The van der Waals surface area contributed by atoms with Crippen molar-refractivity contribution in [2.24, 2.45) is 17.8 Å². The van der Waals surface area contributed by atoms with Gasteiger partial charge in [-0.15, -0.1) is 6.58 Å². The summed E-state index contributed by atoms with van der Waals surface area (Å²) < 4.78 is 1.19. The van der Waals surface area contributed by atoms with E-state index in [1.165, 1.54) is 43.0 Å². The number of hydrogen-bond donors (Lipinski definition) is 0. The molecule has 0 spiro atoms. The quantitative estimate of drug-likeness (QED) is 0.592. The summed E-state index contributed by atoms with van der Waals surface area (Å²) in [6, 6.07) is 9.00. The van der Waals surface area contributed by atoms with Gasteiger partial charge in [-0.25, -0.2) is 0 Å². The molecule has 1 aromatic rings. The molecule has 0 nitrogen and oxygen atoms in total. The van der Waals surface area contributed by atoms with Crippen molar-refractivity contribution in [3.05, 3.63) is 47.0 Å². The molecule has 0 bridgehead atoms. The fourth-order valence-corrected chi connectivity index (χ4v) is 4.44. The average molecular weight is 319 g/mol. The largest absolute Gasteiger partial charge is 0.103 e. The fraction of sp³-hybridized carbons (Fsp3) is 0.556. The number of fused-ring (bicyclic) bond motifs is 1. The normalized spacial score (nSPS) is 34.6. The molecule has 2 fully saturated rings. The highest BCUT2D eigenvalue weighted by Crippen LogP contribution is 2.47. The number of hydrogen-bond acceptors (Lipinski definition) is 0. The monoisotopic (exact) mass is 318 g/mol. The number of rotatable bonds is 2. The van der Waals surface area contributed by atoms with Gasteiger partial charge in [-0.3, -0.25) is 0 Å². The second-order valence-electron chi connectivity index (χ2n) is 6.39. The van der Waals surface area contributed by atoms with Crippen LogP contribution in [-0.4, -0.2) is 0 Å². The van der Waals surface area contributed by atoms with Crippen LogP contribution in [0.2, 0.25) is 0 Å². The molecule has 1 heteroatoms. The summed E-state index contributed by atoms with van der Waals surface area (Å²) in [6.07, 6.45) is 10.6. The van der Waals surface area contributed by atoms with Gasteiger partial charge < -0.3 is 0 Å². The molecule has 0 heterocycles. The number of benzene rings is 1. The first-order chi connectivity index (χ1) is 9.26. The van der Waals surface area contributed by atoms with Crippen molar-refractivity contribution in [1.29, 1.82) is 0 Å². The van der Waals surface area contributed by atoms with Crippen LogP contribution in [0.5, 0.6) is 0 Å². The highest BCUT2D eigenvalue weighted by atomic mass is 79.9. The van der Waals surface area contributed by atoms with Crippen LogP contribution in [0.15, 0.2) is 41.4 Å². The highest BCUT2D eigenvalue weighted by Gasteiger charge is 2.35. The van der Waals surface area contributed by atoms with Crippen LogP contribution in [0.25, 0.3) is 0 Å². The van der Waals surface area contributed by atoms with Crippen LogP contribution in [0.3, 0.4) is 0 Å². The van der Waals surface area contributed by atoms with E-state index < -0.39 is 0 Å². The molecule has 1 aromatic carbocycles. The predicted molar refractivity (Wildman–Crippen MR) is 85.3 cm³/mol. The van der Waals surface area contributed by atoms with E-state index in [9.17, 15) is 0 Å². The zero-order valence-electron chi connectivity index (χ0n) is 11.5. The molecule has 19 heavy (non-hydrogen) atoms. The summed E-state index contributed by atoms with van der Waals surface area (Å²) >= 11 is 3.53. The molecular formula is C18H23Br.